The van der Waals surface area contributed by atoms with Crippen molar-refractivity contribution in [3.8, 4) is 17.0 Å². The number of nitrogens with one attached hydrogen (secondary N) is 1. The van der Waals surface area contributed by atoms with Crippen molar-refractivity contribution in [3.63, 3.8) is 0 Å². The Balaban J connectivity index is 1.31. The molecule has 1 N–H and O–H groups in total. The maximum atomic E-state index is 15.0. The number of likely N-dealkylation sites (tertiary alicyclic amines) is 1. The quantitative estimate of drug-likeness (QED) is 0.362. The number of alkyl halides is 4. The highest BCUT2D eigenvalue weighted by atomic mass is 19.3. The van der Waals surface area contributed by atoms with Crippen LogP contribution in [0.15, 0.2) is 30.5 Å². The SMILES string of the molecule is COc1nc(N[C@H]2CCN(C3COC3)CC2(F)F)nn2ccc(-c3ccc4nc(C)n(CC(F)F)c4c3)c12. The van der Waals surface area contributed by atoms with E-state index in [2.05, 4.69) is 20.4 Å². The second kappa shape index (κ2) is 9.38. The second-order valence-corrected chi connectivity index (χ2v) is 9.74. The summed E-state index contributed by atoms with van der Waals surface area (Å²) in [6.45, 7) is 2.39. The molecule has 0 amide bonds. The van der Waals surface area contributed by atoms with Gasteiger partial charge in [0.2, 0.25) is 11.8 Å². The molecule has 2 aliphatic rings. The summed E-state index contributed by atoms with van der Waals surface area (Å²) in [5.41, 5.74) is 3.17. The van der Waals surface area contributed by atoms with E-state index in [0.29, 0.717) is 47.7 Å². The normalized spacial score (nSPS) is 20.3. The van der Waals surface area contributed by atoms with Crippen molar-refractivity contribution in [2.24, 2.45) is 0 Å². The summed E-state index contributed by atoms with van der Waals surface area (Å²) in [7, 11) is 1.45. The Kier molecular flexibility index (Phi) is 6.14. The van der Waals surface area contributed by atoms with E-state index >= 15 is 0 Å². The topological polar surface area (TPSA) is 81.7 Å². The van der Waals surface area contributed by atoms with Crippen LogP contribution in [0.3, 0.4) is 0 Å². The van der Waals surface area contributed by atoms with Crippen molar-refractivity contribution >= 4 is 22.5 Å². The Morgan fingerprint density at radius 2 is 2.03 bits per heavy atom. The lowest BCUT2D eigenvalue weighted by molar-refractivity contribution is -0.131. The molecule has 2 fully saturated rings. The monoisotopic (exact) mass is 533 g/mol. The van der Waals surface area contributed by atoms with Gasteiger partial charge in [-0.2, -0.15) is 4.98 Å². The summed E-state index contributed by atoms with van der Waals surface area (Å²) >= 11 is 0. The van der Waals surface area contributed by atoms with Crippen molar-refractivity contribution in [1.82, 2.24) is 29.0 Å². The van der Waals surface area contributed by atoms with Crippen LogP contribution in [-0.4, -0.2) is 86.9 Å². The maximum Gasteiger partial charge on any atom is 0.280 e. The lowest BCUT2D eigenvalue weighted by atomic mass is 9.98. The van der Waals surface area contributed by atoms with Crippen LogP contribution < -0.4 is 10.1 Å². The third-order valence-electron chi connectivity index (χ3n) is 7.31. The number of rotatable bonds is 7. The molecule has 1 atom stereocenters. The molecule has 0 radical (unpaired) electrons. The van der Waals surface area contributed by atoms with Gasteiger partial charge in [0.1, 0.15) is 11.3 Å². The Morgan fingerprint density at radius 3 is 2.71 bits per heavy atom. The fourth-order valence-corrected chi connectivity index (χ4v) is 5.25. The van der Waals surface area contributed by atoms with E-state index in [9.17, 15) is 17.6 Å². The number of aryl methyl sites for hydroxylation is 1. The Morgan fingerprint density at radius 1 is 1.21 bits per heavy atom. The van der Waals surface area contributed by atoms with Gasteiger partial charge in [-0.1, -0.05) is 6.07 Å². The lowest BCUT2D eigenvalue weighted by Gasteiger charge is -2.44. The summed E-state index contributed by atoms with van der Waals surface area (Å²) in [4.78, 5) is 10.5. The Labute approximate surface area is 215 Å². The minimum atomic E-state index is -2.98. The molecular weight excluding hydrogens is 506 g/mol. The molecule has 5 heterocycles. The maximum absolute atomic E-state index is 15.0. The van der Waals surface area contributed by atoms with E-state index in [1.807, 2.05) is 6.07 Å². The third kappa shape index (κ3) is 4.33. The number of piperidine rings is 1. The van der Waals surface area contributed by atoms with Crippen LogP contribution in [0.4, 0.5) is 23.5 Å². The van der Waals surface area contributed by atoms with Gasteiger partial charge in [0.15, 0.2) is 0 Å². The first-order chi connectivity index (χ1) is 18.2. The molecule has 13 heteroatoms. The van der Waals surface area contributed by atoms with Crippen LogP contribution in [0.5, 0.6) is 5.88 Å². The summed E-state index contributed by atoms with van der Waals surface area (Å²) in [6.07, 6.45) is -0.601. The number of nitrogens with zero attached hydrogens (tertiary/aromatic N) is 6. The van der Waals surface area contributed by atoms with Crippen molar-refractivity contribution in [2.75, 3.05) is 38.7 Å². The number of benzene rings is 1. The highest BCUT2D eigenvalue weighted by Crippen LogP contribution is 2.35. The smallest absolute Gasteiger partial charge is 0.280 e. The standard InChI is InChI=1S/C25H27F4N7O2/c1-14-30-18-4-3-15(9-19(18)35(14)10-21(26)27)17-5-8-36-22(17)23(37-2)32-24(33-36)31-20-6-7-34(13-25(20,28)29)16-11-38-12-16/h3-5,8-9,16,20-21H,6-7,10-13H2,1-2H3,(H,31,33)/t20-/m0/s1. The fourth-order valence-electron chi connectivity index (χ4n) is 5.25. The third-order valence-corrected chi connectivity index (χ3v) is 7.31. The molecular formula is C25H27F4N7O2. The number of methoxy groups -OCH3 is 1. The van der Waals surface area contributed by atoms with Crippen LogP contribution in [0.1, 0.15) is 12.2 Å². The van der Waals surface area contributed by atoms with Gasteiger partial charge in [-0.25, -0.2) is 27.1 Å². The number of anilines is 1. The first-order valence-electron chi connectivity index (χ1n) is 12.4. The van der Waals surface area contributed by atoms with Gasteiger partial charge in [-0.15, -0.1) is 5.10 Å². The minimum Gasteiger partial charge on any atom is -0.479 e. The second-order valence-electron chi connectivity index (χ2n) is 9.74. The van der Waals surface area contributed by atoms with Gasteiger partial charge in [0.05, 0.1) is 56.5 Å². The molecule has 3 aromatic heterocycles. The van der Waals surface area contributed by atoms with Crippen LogP contribution >= 0.6 is 0 Å². The minimum absolute atomic E-state index is 0.0303. The van der Waals surface area contributed by atoms with Gasteiger partial charge in [-0.3, -0.25) is 4.90 Å². The summed E-state index contributed by atoms with van der Waals surface area (Å²) in [5, 5.41) is 7.25. The van der Waals surface area contributed by atoms with E-state index in [-0.39, 0.29) is 30.8 Å². The first-order valence-corrected chi connectivity index (χ1v) is 12.4. The number of fused-ring (bicyclic) bond motifs is 2. The molecule has 0 saturated carbocycles. The molecule has 202 valence electrons. The van der Waals surface area contributed by atoms with E-state index in [4.69, 9.17) is 9.47 Å². The zero-order chi connectivity index (χ0) is 26.6. The van der Waals surface area contributed by atoms with Gasteiger partial charge < -0.3 is 19.4 Å². The highest BCUT2D eigenvalue weighted by Gasteiger charge is 2.47. The first kappa shape index (κ1) is 24.9. The van der Waals surface area contributed by atoms with E-state index in [1.165, 1.54) is 16.2 Å². The number of aromatic nitrogens is 5. The van der Waals surface area contributed by atoms with Crippen molar-refractivity contribution in [3.05, 3.63) is 36.3 Å². The van der Waals surface area contributed by atoms with E-state index in [0.717, 1.165) is 5.56 Å². The molecule has 1 aromatic carbocycles. The molecule has 0 bridgehead atoms. The summed E-state index contributed by atoms with van der Waals surface area (Å²) in [5.74, 6) is -2.25. The number of hydrogen-bond acceptors (Lipinski definition) is 7. The van der Waals surface area contributed by atoms with Crippen molar-refractivity contribution < 1.29 is 27.0 Å². The largest absolute Gasteiger partial charge is 0.479 e. The predicted octanol–water partition coefficient (Wildman–Crippen LogP) is 3.85. The zero-order valence-electron chi connectivity index (χ0n) is 20.9. The highest BCUT2D eigenvalue weighted by molar-refractivity contribution is 5.89. The molecule has 4 aromatic rings. The Bertz CT molecular complexity index is 1480. The summed E-state index contributed by atoms with van der Waals surface area (Å²) < 4.78 is 70.0. The average molecular weight is 534 g/mol. The lowest BCUT2D eigenvalue weighted by Crippen LogP contribution is -2.61. The van der Waals surface area contributed by atoms with E-state index in [1.54, 1.807) is 36.2 Å². The molecule has 38 heavy (non-hydrogen) atoms. The molecule has 0 spiro atoms. The van der Waals surface area contributed by atoms with Crippen molar-refractivity contribution in [1.29, 1.82) is 0 Å². The van der Waals surface area contributed by atoms with Crippen LogP contribution in [0.25, 0.3) is 27.7 Å². The number of ether oxygens (including phenoxy) is 2. The van der Waals surface area contributed by atoms with Gasteiger partial charge >= 0.3 is 0 Å². The summed E-state index contributed by atoms with van der Waals surface area (Å²) in [6, 6.07) is 6.12. The van der Waals surface area contributed by atoms with Crippen LogP contribution in [-0.2, 0) is 11.3 Å². The van der Waals surface area contributed by atoms with Crippen LogP contribution in [0.2, 0.25) is 0 Å². The molecule has 6 rings (SSSR count). The fraction of sp³-hybridized carbons (Fsp3) is 0.480. The molecule has 2 saturated heterocycles. The number of hydrogen-bond donors (Lipinski definition) is 1. The predicted molar refractivity (Wildman–Crippen MR) is 132 cm³/mol. The van der Waals surface area contributed by atoms with E-state index < -0.39 is 24.9 Å². The Hall–Kier alpha value is -3.45. The molecule has 0 unspecified atom stereocenters. The van der Waals surface area contributed by atoms with Gasteiger partial charge in [0.25, 0.3) is 12.3 Å². The van der Waals surface area contributed by atoms with Gasteiger partial charge in [0, 0.05) is 18.3 Å². The number of imidazole rings is 1. The average Bonchev–Trinajstić information content (AvgIpc) is 3.39. The molecule has 0 aliphatic carbocycles. The number of halogens is 4. The van der Waals surface area contributed by atoms with Crippen molar-refractivity contribution in [2.45, 2.75) is 44.3 Å². The van der Waals surface area contributed by atoms with Gasteiger partial charge in [-0.05, 0) is 37.1 Å². The molecule has 9 nitrogen and oxygen atoms in total. The molecule has 2 aliphatic heterocycles. The van der Waals surface area contributed by atoms with Crippen LogP contribution in [0, 0.1) is 6.92 Å². The zero-order valence-corrected chi connectivity index (χ0v) is 20.9.